The molecule has 0 spiro atoms. The third-order valence-electron chi connectivity index (χ3n) is 2.40. The molecule has 0 amide bonds. The molecule has 130 valence electrons. The topological polar surface area (TPSA) is 113 Å². The molecule has 0 heterocycles. The Morgan fingerprint density at radius 3 is 1.57 bits per heavy atom. The lowest BCUT2D eigenvalue weighted by Gasteiger charge is -2.17. The van der Waals surface area contributed by atoms with Gasteiger partial charge < -0.3 is 14.2 Å². The summed E-state index contributed by atoms with van der Waals surface area (Å²) in [4.78, 5) is 55.7. The first-order chi connectivity index (χ1) is 10.7. The minimum Gasteiger partial charge on any atom is -0.461 e. The fourth-order valence-electron chi connectivity index (χ4n) is 1.45. The highest BCUT2D eigenvalue weighted by Gasteiger charge is 2.20. The highest BCUT2D eigenvalue weighted by molar-refractivity contribution is 5.94. The molecule has 0 aromatic rings. The number of carbonyl (C=O) groups excluding carboxylic acids is 5. The minimum absolute atomic E-state index is 0.166. The van der Waals surface area contributed by atoms with Crippen LogP contribution in [0.1, 0.15) is 46.5 Å². The lowest BCUT2D eigenvalue weighted by Crippen LogP contribution is -2.31. The Hall–Kier alpha value is -2.25. The Morgan fingerprint density at radius 2 is 1.22 bits per heavy atom. The number of esters is 3. The molecule has 0 aliphatic rings. The Labute approximate surface area is 134 Å². The Morgan fingerprint density at radius 1 is 0.783 bits per heavy atom. The molecular weight excluding hydrogens is 308 g/mol. The van der Waals surface area contributed by atoms with Gasteiger partial charge in [0.2, 0.25) is 0 Å². The molecule has 8 nitrogen and oxygen atoms in total. The number of rotatable bonds is 11. The fraction of sp³-hybridized carbons (Fsp3) is 0.667. The van der Waals surface area contributed by atoms with Crippen molar-refractivity contribution in [2.75, 3.05) is 13.2 Å². The van der Waals surface area contributed by atoms with Crippen LogP contribution in [0.15, 0.2) is 0 Å². The minimum atomic E-state index is -0.985. The number of carbonyl (C=O) groups is 5. The standard InChI is InChI=1S/C15H22O8/c1-4-5-13(18)23-12(8-21-14(19)6-10(2)16)9-22-15(20)7-11(3)17/h12H,4-9H2,1-3H3. The van der Waals surface area contributed by atoms with E-state index in [1.165, 1.54) is 13.8 Å². The summed E-state index contributed by atoms with van der Waals surface area (Å²) in [5.74, 6) is -2.76. The van der Waals surface area contributed by atoms with Gasteiger partial charge in [0.25, 0.3) is 0 Å². The molecule has 23 heavy (non-hydrogen) atoms. The summed E-state index contributed by atoms with van der Waals surface area (Å²) in [5, 5.41) is 0. The summed E-state index contributed by atoms with van der Waals surface area (Å²) in [6.45, 7) is 3.59. The maximum Gasteiger partial charge on any atom is 0.313 e. The number of hydrogen-bond donors (Lipinski definition) is 0. The predicted octanol–water partition coefficient (Wildman–Crippen LogP) is 0.743. The lowest BCUT2D eigenvalue weighted by molar-refractivity contribution is -0.167. The van der Waals surface area contributed by atoms with Crippen molar-refractivity contribution in [3.63, 3.8) is 0 Å². The summed E-state index contributed by atoms with van der Waals surface area (Å²) in [7, 11) is 0. The van der Waals surface area contributed by atoms with Gasteiger partial charge in [-0.05, 0) is 20.3 Å². The van der Waals surface area contributed by atoms with Gasteiger partial charge in [0.15, 0.2) is 6.10 Å². The summed E-state index contributed by atoms with van der Waals surface area (Å²) in [6, 6.07) is 0. The zero-order chi connectivity index (χ0) is 17.8. The van der Waals surface area contributed by atoms with Gasteiger partial charge in [-0.15, -0.1) is 0 Å². The molecule has 0 N–H and O–H groups in total. The molecule has 0 bridgehead atoms. The lowest BCUT2D eigenvalue weighted by atomic mass is 10.3. The largest absolute Gasteiger partial charge is 0.461 e. The van der Waals surface area contributed by atoms with Crippen LogP contribution < -0.4 is 0 Å². The van der Waals surface area contributed by atoms with Crippen molar-refractivity contribution >= 4 is 29.5 Å². The summed E-state index contributed by atoms with van der Waals surface area (Å²) in [6.07, 6.45) is -1.03. The van der Waals surface area contributed by atoms with Crippen LogP contribution >= 0.6 is 0 Å². The SMILES string of the molecule is CCCC(=O)OC(COC(=O)CC(C)=O)COC(=O)CC(C)=O. The average molecular weight is 330 g/mol. The van der Waals surface area contributed by atoms with Crippen molar-refractivity contribution in [3.8, 4) is 0 Å². The second-order valence-corrected chi connectivity index (χ2v) is 4.99. The summed E-state index contributed by atoms with van der Waals surface area (Å²) >= 11 is 0. The van der Waals surface area contributed by atoms with Gasteiger partial charge in [-0.2, -0.15) is 0 Å². The van der Waals surface area contributed by atoms with Crippen LogP contribution in [0.2, 0.25) is 0 Å². The van der Waals surface area contributed by atoms with Gasteiger partial charge in [-0.25, -0.2) is 0 Å². The number of ether oxygens (including phenoxy) is 3. The molecular formula is C15H22O8. The van der Waals surface area contributed by atoms with Crippen molar-refractivity contribution in [2.24, 2.45) is 0 Å². The van der Waals surface area contributed by atoms with E-state index in [1.54, 1.807) is 6.92 Å². The van der Waals surface area contributed by atoms with E-state index >= 15 is 0 Å². The van der Waals surface area contributed by atoms with Crippen LogP contribution in [0.25, 0.3) is 0 Å². The van der Waals surface area contributed by atoms with Gasteiger partial charge in [0, 0.05) is 6.42 Å². The molecule has 0 unspecified atom stereocenters. The summed E-state index contributed by atoms with van der Waals surface area (Å²) in [5.41, 5.74) is 0. The van der Waals surface area contributed by atoms with Crippen LogP contribution in [0.4, 0.5) is 0 Å². The van der Waals surface area contributed by atoms with Crippen molar-refractivity contribution in [1.29, 1.82) is 0 Å². The molecule has 0 radical (unpaired) electrons. The summed E-state index contributed by atoms with van der Waals surface area (Å²) < 4.78 is 14.7. The second-order valence-electron chi connectivity index (χ2n) is 4.99. The van der Waals surface area contributed by atoms with Crippen LogP contribution in [0.5, 0.6) is 0 Å². The molecule has 8 heteroatoms. The Kier molecular flexibility index (Phi) is 10.2. The molecule has 0 fully saturated rings. The highest BCUT2D eigenvalue weighted by atomic mass is 16.6. The zero-order valence-electron chi connectivity index (χ0n) is 13.6. The molecule has 0 saturated carbocycles. The van der Waals surface area contributed by atoms with Crippen LogP contribution in [0, 0.1) is 0 Å². The first kappa shape index (κ1) is 20.8. The van der Waals surface area contributed by atoms with Gasteiger partial charge in [0.05, 0.1) is 0 Å². The smallest absolute Gasteiger partial charge is 0.313 e. The van der Waals surface area contributed by atoms with E-state index in [-0.39, 0.29) is 44.0 Å². The van der Waals surface area contributed by atoms with Crippen LogP contribution in [0.3, 0.4) is 0 Å². The monoisotopic (exact) mass is 330 g/mol. The van der Waals surface area contributed by atoms with E-state index in [9.17, 15) is 24.0 Å². The highest BCUT2D eigenvalue weighted by Crippen LogP contribution is 2.03. The number of Topliss-reactive ketones (excluding diaryl/α,β-unsaturated/α-hetero) is 2. The van der Waals surface area contributed by atoms with Crippen molar-refractivity contribution in [2.45, 2.75) is 52.6 Å². The average Bonchev–Trinajstić information content (AvgIpc) is 2.40. The van der Waals surface area contributed by atoms with E-state index in [0.717, 1.165) is 0 Å². The quantitative estimate of drug-likeness (QED) is 0.310. The molecule has 0 aliphatic carbocycles. The van der Waals surface area contributed by atoms with Crippen molar-refractivity contribution in [3.05, 3.63) is 0 Å². The van der Waals surface area contributed by atoms with Crippen LogP contribution in [-0.2, 0) is 38.2 Å². The second kappa shape index (κ2) is 11.3. The normalized spacial score (nSPS) is 10.1. The third-order valence-corrected chi connectivity index (χ3v) is 2.40. The Balaban J connectivity index is 4.46. The van der Waals surface area contributed by atoms with E-state index < -0.39 is 24.0 Å². The fourth-order valence-corrected chi connectivity index (χ4v) is 1.45. The first-order valence-corrected chi connectivity index (χ1v) is 7.24. The van der Waals surface area contributed by atoms with Crippen LogP contribution in [-0.4, -0.2) is 48.8 Å². The number of ketones is 2. The van der Waals surface area contributed by atoms with E-state index in [0.29, 0.717) is 6.42 Å². The van der Waals surface area contributed by atoms with Gasteiger partial charge in [-0.1, -0.05) is 6.92 Å². The molecule has 0 saturated heterocycles. The van der Waals surface area contributed by atoms with Crippen molar-refractivity contribution in [1.82, 2.24) is 0 Å². The molecule has 0 aromatic heterocycles. The molecule has 0 aromatic carbocycles. The van der Waals surface area contributed by atoms with Crippen molar-refractivity contribution < 1.29 is 38.2 Å². The van der Waals surface area contributed by atoms with E-state index in [1.807, 2.05) is 0 Å². The Bertz CT molecular complexity index is 422. The zero-order valence-corrected chi connectivity index (χ0v) is 13.6. The van der Waals surface area contributed by atoms with Gasteiger partial charge >= 0.3 is 17.9 Å². The molecule has 0 atom stereocenters. The molecule has 0 aliphatic heterocycles. The maximum absolute atomic E-state index is 11.5. The maximum atomic E-state index is 11.5. The van der Waals surface area contributed by atoms with Gasteiger partial charge in [0.1, 0.15) is 37.6 Å². The number of hydrogen-bond acceptors (Lipinski definition) is 8. The first-order valence-electron chi connectivity index (χ1n) is 7.24. The van der Waals surface area contributed by atoms with Gasteiger partial charge in [-0.3, -0.25) is 24.0 Å². The van der Waals surface area contributed by atoms with E-state index in [2.05, 4.69) is 0 Å². The van der Waals surface area contributed by atoms with E-state index in [4.69, 9.17) is 14.2 Å². The molecule has 0 rings (SSSR count). The predicted molar refractivity (Wildman–Crippen MR) is 77.3 cm³/mol. The third kappa shape index (κ3) is 12.0.